The van der Waals surface area contributed by atoms with E-state index in [1.54, 1.807) is 54.6 Å². The number of nitro benzene ring substituents is 1. The van der Waals surface area contributed by atoms with Crippen LogP contribution in [0.25, 0.3) is 0 Å². The average Bonchev–Trinajstić information content (AvgIpc) is 3.30. The predicted molar refractivity (Wildman–Crippen MR) is 122 cm³/mol. The molecule has 4 rings (SSSR count). The first-order valence-electron chi connectivity index (χ1n) is 9.99. The zero-order valence-electron chi connectivity index (χ0n) is 17.9. The Hall–Kier alpha value is -3.92. The van der Waals surface area contributed by atoms with E-state index in [1.807, 2.05) is 0 Å². The summed E-state index contributed by atoms with van der Waals surface area (Å²) in [5.41, 5.74) is 1.18. The highest BCUT2D eigenvalue weighted by Gasteiger charge is 2.40. The largest absolute Gasteiger partial charge is 0.493 e. The Morgan fingerprint density at radius 2 is 1.64 bits per heavy atom. The highest BCUT2D eigenvalue weighted by Crippen LogP contribution is 2.41. The van der Waals surface area contributed by atoms with Gasteiger partial charge in [0.1, 0.15) is 6.04 Å². The Balaban J connectivity index is 1.85. The zero-order valence-corrected chi connectivity index (χ0v) is 18.7. The molecule has 0 bridgehead atoms. The molecule has 0 aliphatic carbocycles. The molecular weight excluding hydrogens is 446 g/mol. The van der Waals surface area contributed by atoms with E-state index >= 15 is 0 Å². The van der Waals surface area contributed by atoms with Crippen molar-refractivity contribution in [3.63, 3.8) is 0 Å². The van der Waals surface area contributed by atoms with Gasteiger partial charge in [0.25, 0.3) is 15.7 Å². The minimum Gasteiger partial charge on any atom is -0.493 e. The highest BCUT2D eigenvalue weighted by atomic mass is 32.2. The number of benzene rings is 3. The molecule has 1 aliphatic heterocycles. The fourth-order valence-electron chi connectivity index (χ4n) is 3.77. The summed E-state index contributed by atoms with van der Waals surface area (Å²) in [5.74, 6) is 0.980. The van der Waals surface area contributed by atoms with Gasteiger partial charge < -0.3 is 9.47 Å². The Morgan fingerprint density at radius 1 is 0.970 bits per heavy atom. The smallest absolute Gasteiger partial charge is 0.279 e. The van der Waals surface area contributed by atoms with E-state index in [2.05, 4.69) is 5.10 Å². The van der Waals surface area contributed by atoms with Crippen LogP contribution in [0, 0.1) is 10.1 Å². The lowest BCUT2D eigenvalue weighted by Crippen LogP contribution is -2.27. The van der Waals surface area contributed by atoms with E-state index in [9.17, 15) is 18.5 Å². The van der Waals surface area contributed by atoms with Crippen LogP contribution in [0.1, 0.15) is 23.6 Å². The number of hydrogen-bond acceptors (Lipinski definition) is 7. The molecule has 0 unspecified atom stereocenters. The molecule has 0 saturated carbocycles. The fraction of sp³-hybridized carbons (Fsp3) is 0.174. The second-order valence-corrected chi connectivity index (χ2v) is 9.04. The topological polar surface area (TPSA) is 111 Å². The van der Waals surface area contributed by atoms with Crippen molar-refractivity contribution in [2.75, 3.05) is 14.2 Å². The molecule has 0 N–H and O–H groups in total. The molecule has 0 spiro atoms. The highest BCUT2D eigenvalue weighted by molar-refractivity contribution is 7.89. The van der Waals surface area contributed by atoms with E-state index in [-0.39, 0.29) is 22.6 Å². The molecule has 0 saturated heterocycles. The standard InChI is InChI=1S/C23H21N3O6S/c1-31-22-13-12-16(14-23(22)32-2)19-15-21(18-10-6-7-11-20(18)26(27)28)25(24-19)33(29,30)17-8-4-3-5-9-17/h3-14,21H,15H2,1-2H3/t21-/m1/s1. The molecule has 1 heterocycles. The summed E-state index contributed by atoms with van der Waals surface area (Å²) in [6, 6.07) is 18.2. The summed E-state index contributed by atoms with van der Waals surface area (Å²) < 4.78 is 38.6. The number of hydrazone groups is 1. The quantitative estimate of drug-likeness (QED) is 0.381. The molecule has 0 radical (unpaired) electrons. The van der Waals surface area contributed by atoms with Gasteiger partial charge in [0, 0.05) is 18.1 Å². The van der Waals surface area contributed by atoms with Crippen LogP contribution >= 0.6 is 0 Å². The van der Waals surface area contributed by atoms with E-state index in [0.717, 1.165) is 4.41 Å². The summed E-state index contributed by atoms with van der Waals surface area (Å²) >= 11 is 0. The van der Waals surface area contributed by atoms with Crippen LogP contribution < -0.4 is 9.47 Å². The van der Waals surface area contributed by atoms with Crippen molar-refractivity contribution in [1.29, 1.82) is 0 Å². The molecule has 1 atom stereocenters. The molecule has 10 heteroatoms. The van der Waals surface area contributed by atoms with Crippen molar-refractivity contribution in [2.24, 2.45) is 5.10 Å². The lowest BCUT2D eigenvalue weighted by molar-refractivity contribution is -0.385. The molecule has 0 fully saturated rings. The molecule has 0 amide bonds. The van der Waals surface area contributed by atoms with Gasteiger partial charge in [0.2, 0.25) is 0 Å². The minimum absolute atomic E-state index is 0.0471. The summed E-state index contributed by atoms with van der Waals surface area (Å²) in [5, 5.41) is 16.1. The second kappa shape index (κ2) is 8.91. The number of ether oxygens (including phenoxy) is 2. The van der Waals surface area contributed by atoms with Crippen molar-refractivity contribution in [2.45, 2.75) is 17.4 Å². The SMILES string of the molecule is COc1ccc(C2=NN(S(=O)(=O)c3ccccc3)[C@@H](c3ccccc3[N+](=O)[O-])C2)cc1OC. The van der Waals surface area contributed by atoms with Crippen LogP contribution in [0.15, 0.2) is 82.8 Å². The number of para-hydroxylation sites is 1. The number of nitro groups is 1. The van der Waals surface area contributed by atoms with Crippen molar-refractivity contribution >= 4 is 21.4 Å². The van der Waals surface area contributed by atoms with Gasteiger partial charge in [-0.3, -0.25) is 10.1 Å². The first-order valence-corrected chi connectivity index (χ1v) is 11.4. The summed E-state index contributed by atoms with van der Waals surface area (Å²) in [7, 11) is -1.06. The summed E-state index contributed by atoms with van der Waals surface area (Å²) in [6.45, 7) is 0. The molecule has 170 valence electrons. The van der Waals surface area contributed by atoms with Crippen molar-refractivity contribution in [3.05, 3.63) is 94.0 Å². The molecule has 1 aliphatic rings. The van der Waals surface area contributed by atoms with Gasteiger partial charge in [-0.25, -0.2) is 0 Å². The molecule has 9 nitrogen and oxygen atoms in total. The van der Waals surface area contributed by atoms with Gasteiger partial charge in [-0.05, 0) is 36.4 Å². The van der Waals surface area contributed by atoms with Crippen LogP contribution in [0.2, 0.25) is 0 Å². The molecular formula is C23H21N3O6S. The first-order chi connectivity index (χ1) is 15.9. The Kier molecular flexibility index (Phi) is 6.01. The van der Waals surface area contributed by atoms with Crippen molar-refractivity contribution in [1.82, 2.24) is 4.41 Å². The van der Waals surface area contributed by atoms with Crippen LogP contribution in [0.3, 0.4) is 0 Å². The fourth-order valence-corrected chi connectivity index (χ4v) is 5.21. The maximum atomic E-state index is 13.5. The van der Waals surface area contributed by atoms with Crippen LogP contribution in [-0.4, -0.2) is 37.7 Å². The van der Waals surface area contributed by atoms with E-state index < -0.39 is 21.0 Å². The normalized spacial score (nSPS) is 15.8. The number of nitrogens with zero attached hydrogens (tertiary/aromatic N) is 3. The molecule has 33 heavy (non-hydrogen) atoms. The van der Waals surface area contributed by atoms with Gasteiger partial charge >= 0.3 is 0 Å². The van der Waals surface area contributed by atoms with Crippen LogP contribution in [-0.2, 0) is 10.0 Å². The van der Waals surface area contributed by atoms with E-state index in [0.29, 0.717) is 22.8 Å². The minimum atomic E-state index is -4.08. The Morgan fingerprint density at radius 3 is 2.30 bits per heavy atom. The van der Waals surface area contributed by atoms with Gasteiger partial charge in [-0.15, -0.1) is 0 Å². The Bertz CT molecular complexity index is 1330. The van der Waals surface area contributed by atoms with Gasteiger partial charge in [-0.1, -0.05) is 30.3 Å². The molecule has 3 aromatic carbocycles. The predicted octanol–water partition coefficient (Wildman–Crippen LogP) is 4.15. The average molecular weight is 468 g/mol. The molecule has 3 aromatic rings. The van der Waals surface area contributed by atoms with Crippen molar-refractivity contribution in [3.8, 4) is 11.5 Å². The number of methoxy groups -OCH3 is 2. The van der Waals surface area contributed by atoms with E-state index in [1.165, 1.54) is 32.4 Å². The maximum Gasteiger partial charge on any atom is 0.279 e. The lowest BCUT2D eigenvalue weighted by Gasteiger charge is -2.23. The van der Waals surface area contributed by atoms with Crippen molar-refractivity contribution < 1.29 is 22.8 Å². The summed E-state index contributed by atoms with van der Waals surface area (Å²) in [6.07, 6.45) is 0.145. The van der Waals surface area contributed by atoms with E-state index in [4.69, 9.17) is 9.47 Å². The third-order valence-corrected chi connectivity index (χ3v) is 7.07. The number of sulfonamides is 1. The number of hydrogen-bond donors (Lipinski definition) is 0. The number of rotatable bonds is 7. The molecule has 0 aromatic heterocycles. The third kappa shape index (κ3) is 4.12. The van der Waals surface area contributed by atoms with Crippen LogP contribution in [0.4, 0.5) is 5.69 Å². The zero-order chi connectivity index (χ0) is 23.6. The van der Waals surface area contributed by atoms with Crippen LogP contribution in [0.5, 0.6) is 11.5 Å². The van der Waals surface area contributed by atoms with Gasteiger partial charge in [-0.2, -0.15) is 17.9 Å². The monoisotopic (exact) mass is 467 g/mol. The Labute approximate surface area is 191 Å². The van der Waals surface area contributed by atoms with Gasteiger partial charge in [0.15, 0.2) is 11.5 Å². The maximum absolute atomic E-state index is 13.5. The lowest BCUT2D eigenvalue weighted by atomic mass is 9.97. The van der Waals surface area contributed by atoms with Gasteiger partial charge in [0.05, 0.1) is 35.3 Å². The third-order valence-electron chi connectivity index (χ3n) is 5.37. The summed E-state index contributed by atoms with van der Waals surface area (Å²) in [4.78, 5) is 11.2. The second-order valence-electron chi connectivity index (χ2n) is 7.24. The first kappa shape index (κ1) is 22.3.